The van der Waals surface area contributed by atoms with Crippen LogP contribution >= 0.6 is 0 Å². The minimum Gasteiger partial charge on any atom is -0.494 e. The SMILES string of the molecule is CC(C)CCOc1cccc([C@@H]2c3c(oc4ccccc4c3=O)C(=O)N2CCCOC(C)C)c1. The van der Waals surface area contributed by atoms with Crippen molar-refractivity contribution in [2.75, 3.05) is 19.8 Å². The van der Waals surface area contributed by atoms with Crippen LogP contribution in [0.3, 0.4) is 0 Å². The number of para-hydroxylation sites is 1. The molecule has 6 heteroatoms. The van der Waals surface area contributed by atoms with E-state index in [4.69, 9.17) is 13.9 Å². The van der Waals surface area contributed by atoms with Gasteiger partial charge in [-0.25, -0.2) is 0 Å². The van der Waals surface area contributed by atoms with Gasteiger partial charge in [-0.05, 0) is 62.4 Å². The first-order valence-corrected chi connectivity index (χ1v) is 12.1. The van der Waals surface area contributed by atoms with Crippen molar-refractivity contribution in [3.63, 3.8) is 0 Å². The fourth-order valence-electron chi connectivity index (χ4n) is 4.29. The third-order valence-electron chi connectivity index (χ3n) is 6.01. The summed E-state index contributed by atoms with van der Waals surface area (Å²) in [7, 11) is 0. The van der Waals surface area contributed by atoms with Crippen LogP contribution in [0.4, 0.5) is 0 Å². The van der Waals surface area contributed by atoms with E-state index in [1.165, 1.54) is 0 Å². The lowest BCUT2D eigenvalue weighted by Crippen LogP contribution is -2.31. The normalized spacial score (nSPS) is 15.5. The molecular formula is C28H33NO5. The molecule has 6 nitrogen and oxygen atoms in total. The predicted molar refractivity (Wildman–Crippen MR) is 132 cm³/mol. The number of ether oxygens (including phenoxy) is 2. The maximum Gasteiger partial charge on any atom is 0.290 e. The van der Waals surface area contributed by atoms with Crippen LogP contribution in [0, 0.1) is 5.92 Å². The van der Waals surface area contributed by atoms with Crippen molar-refractivity contribution in [1.29, 1.82) is 0 Å². The van der Waals surface area contributed by atoms with Crippen molar-refractivity contribution in [1.82, 2.24) is 4.90 Å². The molecule has 0 spiro atoms. The molecule has 0 saturated carbocycles. The van der Waals surface area contributed by atoms with Crippen LogP contribution in [-0.2, 0) is 4.74 Å². The predicted octanol–water partition coefficient (Wildman–Crippen LogP) is 5.58. The second-order valence-electron chi connectivity index (χ2n) is 9.45. The average Bonchev–Trinajstić information content (AvgIpc) is 3.08. The summed E-state index contributed by atoms with van der Waals surface area (Å²) >= 11 is 0. The third kappa shape index (κ3) is 5.02. The Morgan fingerprint density at radius 3 is 2.56 bits per heavy atom. The van der Waals surface area contributed by atoms with Crippen molar-refractivity contribution in [2.45, 2.75) is 52.7 Å². The van der Waals surface area contributed by atoms with Crippen LogP contribution < -0.4 is 10.2 Å². The molecule has 0 fully saturated rings. The van der Waals surface area contributed by atoms with E-state index >= 15 is 0 Å². The molecule has 1 aromatic heterocycles. The number of hydrogen-bond donors (Lipinski definition) is 0. The van der Waals surface area contributed by atoms with Gasteiger partial charge in [0, 0.05) is 13.2 Å². The molecule has 2 aromatic carbocycles. The lowest BCUT2D eigenvalue weighted by Gasteiger charge is -2.25. The summed E-state index contributed by atoms with van der Waals surface area (Å²) in [6.45, 7) is 9.89. The van der Waals surface area contributed by atoms with Gasteiger partial charge in [0.1, 0.15) is 11.3 Å². The fourth-order valence-corrected chi connectivity index (χ4v) is 4.29. The monoisotopic (exact) mass is 463 g/mol. The Bertz CT molecular complexity index is 1210. The second-order valence-corrected chi connectivity index (χ2v) is 9.45. The topological polar surface area (TPSA) is 69.0 Å². The summed E-state index contributed by atoms with van der Waals surface area (Å²) in [5, 5.41) is 0.480. The van der Waals surface area contributed by atoms with Crippen LogP contribution in [0.15, 0.2) is 57.7 Å². The maximum absolute atomic E-state index is 13.6. The van der Waals surface area contributed by atoms with Crippen LogP contribution in [-0.4, -0.2) is 36.7 Å². The smallest absolute Gasteiger partial charge is 0.290 e. The molecule has 0 bridgehead atoms. The summed E-state index contributed by atoms with van der Waals surface area (Å²) in [5.74, 6) is 1.14. The number of benzene rings is 2. The largest absolute Gasteiger partial charge is 0.494 e. The van der Waals surface area contributed by atoms with E-state index in [1.807, 2.05) is 44.2 Å². The van der Waals surface area contributed by atoms with Gasteiger partial charge in [0.25, 0.3) is 5.91 Å². The van der Waals surface area contributed by atoms with Gasteiger partial charge in [0.2, 0.25) is 5.76 Å². The minimum absolute atomic E-state index is 0.121. The highest BCUT2D eigenvalue weighted by Crippen LogP contribution is 2.39. The summed E-state index contributed by atoms with van der Waals surface area (Å²) in [6, 6.07) is 14.2. The zero-order valence-electron chi connectivity index (χ0n) is 20.4. The standard InChI is InChI=1S/C28H33NO5/c1-18(2)13-16-33-21-10-7-9-20(17-21)25-24-26(30)22-11-5-6-12-23(22)34-27(24)28(31)29(25)14-8-15-32-19(3)4/h5-7,9-12,17-19,25H,8,13-16H2,1-4H3/t25-/m1/s1. The van der Waals surface area contributed by atoms with Gasteiger partial charge in [-0.2, -0.15) is 0 Å². The molecule has 2 heterocycles. The highest BCUT2D eigenvalue weighted by molar-refractivity contribution is 5.99. The van der Waals surface area contributed by atoms with Crippen molar-refractivity contribution in [3.8, 4) is 5.75 Å². The Morgan fingerprint density at radius 2 is 1.79 bits per heavy atom. The molecule has 0 N–H and O–H groups in total. The van der Waals surface area contributed by atoms with E-state index in [2.05, 4.69) is 13.8 Å². The number of nitrogens with zero attached hydrogens (tertiary/aromatic N) is 1. The lowest BCUT2D eigenvalue weighted by molar-refractivity contribution is 0.0593. The maximum atomic E-state index is 13.6. The quantitative estimate of drug-likeness (QED) is 0.367. The molecule has 0 aliphatic carbocycles. The molecule has 1 atom stereocenters. The average molecular weight is 464 g/mol. The molecule has 3 aromatic rings. The van der Waals surface area contributed by atoms with Crippen LogP contribution in [0.5, 0.6) is 5.75 Å². The Hall–Kier alpha value is -3.12. The molecule has 1 amide bonds. The first kappa shape index (κ1) is 24.0. The van der Waals surface area contributed by atoms with Crippen molar-refractivity contribution in [3.05, 3.63) is 75.6 Å². The fraction of sp³-hybridized carbons (Fsp3) is 0.429. The van der Waals surface area contributed by atoms with Crippen LogP contribution in [0.2, 0.25) is 0 Å². The molecule has 0 unspecified atom stereocenters. The Labute approximate surface area is 200 Å². The van der Waals surface area contributed by atoms with Gasteiger partial charge in [-0.15, -0.1) is 0 Å². The number of fused-ring (bicyclic) bond motifs is 2. The van der Waals surface area contributed by atoms with Crippen molar-refractivity contribution in [2.24, 2.45) is 5.92 Å². The minimum atomic E-state index is -0.531. The summed E-state index contributed by atoms with van der Waals surface area (Å²) < 4.78 is 17.6. The number of hydrogen-bond acceptors (Lipinski definition) is 5. The van der Waals surface area contributed by atoms with E-state index < -0.39 is 6.04 Å². The molecule has 0 saturated heterocycles. The van der Waals surface area contributed by atoms with Crippen molar-refractivity contribution >= 4 is 16.9 Å². The van der Waals surface area contributed by atoms with Gasteiger partial charge in [-0.3, -0.25) is 9.59 Å². The molecule has 34 heavy (non-hydrogen) atoms. The van der Waals surface area contributed by atoms with E-state index in [9.17, 15) is 9.59 Å². The first-order chi connectivity index (χ1) is 16.4. The molecule has 4 rings (SSSR count). The zero-order valence-corrected chi connectivity index (χ0v) is 20.4. The third-order valence-corrected chi connectivity index (χ3v) is 6.01. The number of carbonyl (C=O) groups is 1. The van der Waals surface area contributed by atoms with Crippen LogP contribution in [0.1, 0.15) is 68.3 Å². The Morgan fingerprint density at radius 1 is 1.00 bits per heavy atom. The summed E-state index contributed by atoms with van der Waals surface area (Å²) in [6.07, 6.45) is 1.73. The van der Waals surface area contributed by atoms with E-state index in [1.54, 1.807) is 23.1 Å². The first-order valence-electron chi connectivity index (χ1n) is 12.1. The highest BCUT2D eigenvalue weighted by Gasteiger charge is 2.42. The van der Waals surface area contributed by atoms with E-state index in [0.717, 1.165) is 17.7 Å². The van der Waals surface area contributed by atoms with Gasteiger partial charge in [-0.1, -0.05) is 38.1 Å². The lowest BCUT2D eigenvalue weighted by atomic mass is 9.98. The Kier molecular flexibility index (Phi) is 7.37. The van der Waals surface area contributed by atoms with Gasteiger partial charge >= 0.3 is 0 Å². The van der Waals surface area contributed by atoms with Crippen molar-refractivity contribution < 1.29 is 18.7 Å². The van der Waals surface area contributed by atoms with Gasteiger partial charge in [0.05, 0.1) is 29.7 Å². The van der Waals surface area contributed by atoms with Crippen LogP contribution in [0.25, 0.3) is 11.0 Å². The van der Waals surface area contributed by atoms with E-state index in [0.29, 0.717) is 48.6 Å². The number of rotatable bonds is 10. The molecule has 180 valence electrons. The molecule has 0 radical (unpaired) electrons. The van der Waals surface area contributed by atoms with E-state index in [-0.39, 0.29) is 23.2 Å². The summed E-state index contributed by atoms with van der Waals surface area (Å²) in [5.41, 5.74) is 1.49. The van der Waals surface area contributed by atoms with Gasteiger partial charge in [0.15, 0.2) is 5.43 Å². The second kappa shape index (κ2) is 10.4. The summed E-state index contributed by atoms with van der Waals surface area (Å²) in [4.78, 5) is 28.7. The Balaban J connectivity index is 1.72. The molecular weight excluding hydrogens is 430 g/mol. The number of carbonyl (C=O) groups excluding carboxylic acids is 1. The molecule has 1 aliphatic heterocycles. The zero-order chi connectivity index (χ0) is 24.2. The van der Waals surface area contributed by atoms with Gasteiger partial charge < -0.3 is 18.8 Å². The highest BCUT2D eigenvalue weighted by atomic mass is 16.5. The molecule has 1 aliphatic rings. The number of amides is 1.